The molecule has 3 rings (SSSR count). The Morgan fingerprint density at radius 3 is 2.39 bits per heavy atom. The van der Waals surface area contributed by atoms with Crippen molar-refractivity contribution < 1.29 is 27.4 Å². The van der Waals surface area contributed by atoms with E-state index >= 15 is 0 Å². The number of halogens is 3. The van der Waals surface area contributed by atoms with E-state index < -0.39 is 28.8 Å². The Bertz CT molecular complexity index is 1220. The van der Waals surface area contributed by atoms with Gasteiger partial charge in [-0.3, -0.25) is 9.59 Å². The molecule has 0 aliphatic rings. The van der Waals surface area contributed by atoms with E-state index in [0.717, 1.165) is 22.9 Å². The lowest BCUT2D eigenvalue weighted by Crippen LogP contribution is -2.27. The average molecular weight is 461 g/mol. The number of nitrogens with zero attached hydrogens (tertiary/aromatic N) is 2. The molecule has 3 aromatic rings. The van der Waals surface area contributed by atoms with Crippen molar-refractivity contribution in [2.75, 3.05) is 18.5 Å². The first-order chi connectivity index (χ1) is 15.6. The predicted octanol–water partition coefficient (Wildman–Crippen LogP) is 4.61. The Balaban J connectivity index is 1.95. The van der Waals surface area contributed by atoms with Gasteiger partial charge >= 0.3 is 6.18 Å². The van der Waals surface area contributed by atoms with Crippen LogP contribution in [0.25, 0.3) is 5.69 Å². The summed E-state index contributed by atoms with van der Waals surface area (Å²) in [6, 6.07) is 10.3. The lowest BCUT2D eigenvalue weighted by Gasteiger charge is -2.14. The van der Waals surface area contributed by atoms with E-state index in [-0.39, 0.29) is 11.4 Å². The van der Waals surface area contributed by atoms with E-state index in [0.29, 0.717) is 30.4 Å². The molecule has 0 fully saturated rings. The molecule has 2 aromatic carbocycles. The molecule has 0 unspecified atom stereocenters. The number of aromatic nitrogens is 2. The highest BCUT2D eigenvalue weighted by Crippen LogP contribution is 2.31. The van der Waals surface area contributed by atoms with Crippen molar-refractivity contribution in [2.45, 2.75) is 26.9 Å². The monoisotopic (exact) mass is 461 g/mol. The van der Waals surface area contributed by atoms with Crippen molar-refractivity contribution in [3.63, 3.8) is 0 Å². The molecule has 0 atom stereocenters. The van der Waals surface area contributed by atoms with Gasteiger partial charge in [0.2, 0.25) is 5.43 Å². The number of rotatable bonds is 7. The van der Waals surface area contributed by atoms with Crippen molar-refractivity contribution in [2.24, 2.45) is 0 Å². The van der Waals surface area contributed by atoms with E-state index in [9.17, 15) is 22.8 Å². The summed E-state index contributed by atoms with van der Waals surface area (Å²) in [5.74, 6) is 0.0976. The fourth-order valence-electron chi connectivity index (χ4n) is 3.10. The maximum atomic E-state index is 13.1. The number of aryl methyl sites for hydroxylation is 1. The van der Waals surface area contributed by atoms with Gasteiger partial charge < -0.3 is 14.8 Å². The molecule has 1 amide bonds. The number of carbonyl (C=O) groups excluding carboxylic acids is 1. The van der Waals surface area contributed by atoms with Gasteiger partial charge in [-0.2, -0.15) is 18.3 Å². The van der Waals surface area contributed by atoms with Crippen LogP contribution in [-0.4, -0.2) is 28.9 Å². The second-order valence-corrected chi connectivity index (χ2v) is 6.94. The third-order valence-corrected chi connectivity index (χ3v) is 4.54. The van der Waals surface area contributed by atoms with Crippen LogP contribution >= 0.6 is 0 Å². The zero-order chi connectivity index (χ0) is 24.2. The molecule has 33 heavy (non-hydrogen) atoms. The highest BCUT2D eigenvalue weighted by atomic mass is 19.4. The van der Waals surface area contributed by atoms with Gasteiger partial charge in [0.1, 0.15) is 0 Å². The summed E-state index contributed by atoms with van der Waals surface area (Å²) in [5.41, 5.74) is -1.33. The maximum Gasteiger partial charge on any atom is 0.416 e. The lowest BCUT2D eigenvalue weighted by atomic mass is 10.2. The number of alkyl halides is 3. The predicted molar refractivity (Wildman–Crippen MR) is 116 cm³/mol. The number of ether oxygens (including phenoxy) is 2. The summed E-state index contributed by atoms with van der Waals surface area (Å²) in [7, 11) is 0. The minimum atomic E-state index is -4.55. The molecule has 0 aliphatic carbocycles. The Kier molecular flexibility index (Phi) is 7.05. The van der Waals surface area contributed by atoms with Gasteiger partial charge in [-0.25, -0.2) is 4.68 Å². The Labute approximate surface area is 187 Å². The van der Waals surface area contributed by atoms with Crippen LogP contribution in [0.1, 0.15) is 35.6 Å². The Morgan fingerprint density at radius 2 is 1.73 bits per heavy atom. The molecular formula is C23H22F3N3O4. The average Bonchev–Trinajstić information content (AvgIpc) is 2.75. The van der Waals surface area contributed by atoms with Crippen LogP contribution < -0.4 is 20.2 Å². The molecule has 0 bridgehead atoms. The van der Waals surface area contributed by atoms with Gasteiger partial charge in [0.15, 0.2) is 17.2 Å². The number of anilines is 1. The smallest absolute Gasteiger partial charge is 0.416 e. The van der Waals surface area contributed by atoms with Gasteiger partial charge in [0.25, 0.3) is 5.91 Å². The largest absolute Gasteiger partial charge is 0.490 e. The number of amides is 1. The molecule has 0 saturated heterocycles. The van der Waals surface area contributed by atoms with Gasteiger partial charge in [-0.1, -0.05) is 6.07 Å². The summed E-state index contributed by atoms with van der Waals surface area (Å²) in [6.07, 6.45) is -4.55. The fourth-order valence-corrected chi connectivity index (χ4v) is 3.10. The van der Waals surface area contributed by atoms with Crippen LogP contribution in [0, 0.1) is 6.92 Å². The molecule has 10 heteroatoms. The molecule has 174 valence electrons. The van der Waals surface area contributed by atoms with Gasteiger partial charge in [-0.05, 0) is 51.1 Å². The fraction of sp³-hybridized carbons (Fsp3) is 0.261. The molecule has 0 radical (unpaired) electrons. The van der Waals surface area contributed by atoms with Crippen molar-refractivity contribution in [1.29, 1.82) is 0 Å². The van der Waals surface area contributed by atoms with E-state index in [4.69, 9.17) is 9.47 Å². The Morgan fingerprint density at radius 1 is 1.03 bits per heavy atom. The first-order valence-corrected chi connectivity index (χ1v) is 10.1. The molecule has 7 nitrogen and oxygen atoms in total. The summed E-state index contributed by atoms with van der Waals surface area (Å²) in [4.78, 5) is 25.2. The third-order valence-electron chi connectivity index (χ3n) is 4.54. The van der Waals surface area contributed by atoms with Crippen molar-refractivity contribution in [3.05, 3.63) is 75.7 Å². The highest BCUT2D eigenvalue weighted by Gasteiger charge is 2.30. The van der Waals surface area contributed by atoms with Crippen LogP contribution in [-0.2, 0) is 6.18 Å². The van der Waals surface area contributed by atoms with Crippen LogP contribution in [0.4, 0.5) is 18.9 Å². The van der Waals surface area contributed by atoms with E-state index in [1.54, 1.807) is 25.1 Å². The summed E-state index contributed by atoms with van der Waals surface area (Å²) in [6.45, 7) is 5.93. The molecule has 1 heterocycles. The lowest BCUT2D eigenvalue weighted by molar-refractivity contribution is -0.137. The molecule has 0 spiro atoms. The summed E-state index contributed by atoms with van der Waals surface area (Å²) >= 11 is 0. The first-order valence-electron chi connectivity index (χ1n) is 10.1. The van der Waals surface area contributed by atoms with Crippen LogP contribution in [0.3, 0.4) is 0 Å². The van der Waals surface area contributed by atoms with Crippen molar-refractivity contribution in [1.82, 2.24) is 9.78 Å². The first kappa shape index (κ1) is 23.8. The molecule has 1 aromatic heterocycles. The zero-order valence-corrected chi connectivity index (χ0v) is 18.2. The quantitative estimate of drug-likeness (QED) is 0.556. The number of nitrogens with one attached hydrogen (secondary N) is 1. The van der Waals surface area contributed by atoms with Gasteiger partial charge in [0, 0.05) is 23.5 Å². The SMILES string of the molecule is CCOc1ccc(NC(=O)c2nn(-c3cccc(C(F)(F)F)c3)c(C)cc2=O)cc1OCC. The number of hydrogen-bond donors (Lipinski definition) is 1. The second-order valence-electron chi connectivity index (χ2n) is 6.94. The number of hydrogen-bond acceptors (Lipinski definition) is 5. The molecule has 0 saturated carbocycles. The highest BCUT2D eigenvalue weighted by molar-refractivity contribution is 6.02. The van der Waals surface area contributed by atoms with E-state index in [1.165, 1.54) is 19.1 Å². The summed E-state index contributed by atoms with van der Waals surface area (Å²) in [5, 5.41) is 6.61. The topological polar surface area (TPSA) is 82.5 Å². The van der Waals surface area contributed by atoms with Gasteiger partial charge in [-0.15, -0.1) is 0 Å². The van der Waals surface area contributed by atoms with Crippen LogP contribution in [0.15, 0.2) is 53.3 Å². The zero-order valence-electron chi connectivity index (χ0n) is 18.2. The van der Waals surface area contributed by atoms with E-state index in [2.05, 4.69) is 10.4 Å². The van der Waals surface area contributed by atoms with Crippen LogP contribution in [0.5, 0.6) is 11.5 Å². The number of carbonyl (C=O) groups is 1. The van der Waals surface area contributed by atoms with Crippen molar-refractivity contribution >= 4 is 11.6 Å². The van der Waals surface area contributed by atoms with E-state index in [1.807, 2.05) is 6.92 Å². The number of benzene rings is 2. The van der Waals surface area contributed by atoms with Crippen LogP contribution in [0.2, 0.25) is 0 Å². The maximum absolute atomic E-state index is 13.1. The minimum Gasteiger partial charge on any atom is -0.490 e. The molecular weight excluding hydrogens is 439 g/mol. The third kappa shape index (κ3) is 5.51. The summed E-state index contributed by atoms with van der Waals surface area (Å²) < 4.78 is 51.4. The minimum absolute atomic E-state index is 0.0658. The Hall–Kier alpha value is -3.82. The standard InChI is InChI=1S/C23H22F3N3O4/c1-4-32-19-10-9-16(13-20(19)33-5-2)27-22(31)21-18(30)11-14(3)29(28-21)17-8-6-7-15(12-17)23(24,25)26/h6-13H,4-5H2,1-3H3,(H,27,31). The molecule has 0 aliphatic heterocycles. The second kappa shape index (κ2) is 9.76. The van der Waals surface area contributed by atoms with Gasteiger partial charge in [0.05, 0.1) is 24.5 Å². The normalized spacial score (nSPS) is 11.2. The van der Waals surface area contributed by atoms with Crippen molar-refractivity contribution in [3.8, 4) is 17.2 Å². The molecule has 1 N–H and O–H groups in total.